The number of carboxylic acids is 1. The molecule has 1 aromatic rings. The molecule has 0 spiro atoms. The van der Waals surface area contributed by atoms with Crippen molar-refractivity contribution < 1.29 is 29.0 Å². The van der Waals surface area contributed by atoms with Crippen molar-refractivity contribution in [3.05, 3.63) is 26.7 Å². The van der Waals surface area contributed by atoms with Crippen LogP contribution in [-0.2, 0) is 14.3 Å². The molecule has 2 rings (SSSR count). The molecule has 0 atom stereocenters. The molecule has 0 unspecified atom stereocenters. The SMILES string of the molecule is O=C(O)C(=O)Oc1c(Cl)cc(Cl)c(Cl)c1C(=O)OCC1CCCC1. The summed E-state index contributed by atoms with van der Waals surface area (Å²) < 4.78 is 9.86. The van der Waals surface area contributed by atoms with Gasteiger partial charge in [0.2, 0.25) is 0 Å². The van der Waals surface area contributed by atoms with Gasteiger partial charge in [-0.25, -0.2) is 14.4 Å². The van der Waals surface area contributed by atoms with E-state index in [4.69, 9.17) is 44.6 Å². The molecule has 0 radical (unpaired) electrons. The molecule has 0 aromatic heterocycles. The highest BCUT2D eigenvalue weighted by Gasteiger charge is 2.28. The van der Waals surface area contributed by atoms with E-state index in [-0.39, 0.29) is 33.2 Å². The lowest BCUT2D eigenvalue weighted by Gasteiger charge is -2.15. The zero-order valence-corrected chi connectivity index (χ0v) is 14.6. The third kappa shape index (κ3) is 4.32. The van der Waals surface area contributed by atoms with Crippen LogP contribution in [0.15, 0.2) is 6.07 Å². The monoisotopic (exact) mass is 394 g/mol. The molecule has 1 N–H and O–H groups in total. The largest absolute Gasteiger partial charge is 0.473 e. The van der Waals surface area contributed by atoms with E-state index < -0.39 is 23.7 Å². The minimum absolute atomic E-state index is 0.0513. The first kappa shape index (κ1) is 18.8. The number of carbonyl (C=O) groups is 3. The van der Waals surface area contributed by atoms with Crippen molar-refractivity contribution in [2.24, 2.45) is 5.92 Å². The van der Waals surface area contributed by atoms with Crippen LogP contribution in [0.25, 0.3) is 0 Å². The summed E-state index contributed by atoms with van der Waals surface area (Å²) >= 11 is 17.8. The van der Waals surface area contributed by atoms with Crippen LogP contribution >= 0.6 is 34.8 Å². The normalized spacial score (nSPS) is 14.5. The highest BCUT2D eigenvalue weighted by atomic mass is 35.5. The number of carbonyl (C=O) groups excluding carboxylic acids is 2. The first-order valence-electron chi connectivity index (χ1n) is 7.11. The Morgan fingerprint density at radius 1 is 1.12 bits per heavy atom. The number of rotatable bonds is 4. The number of hydrogen-bond donors (Lipinski definition) is 1. The fourth-order valence-corrected chi connectivity index (χ4v) is 3.16. The van der Waals surface area contributed by atoms with Crippen LogP contribution in [0.3, 0.4) is 0 Å². The summed E-state index contributed by atoms with van der Waals surface area (Å²) in [6.45, 7) is 0.186. The molecule has 0 saturated heterocycles. The van der Waals surface area contributed by atoms with E-state index in [9.17, 15) is 14.4 Å². The van der Waals surface area contributed by atoms with Crippen molar-refractivity contribution in [3.63, 3.8) is 0 Å². The molecule has 0 aliphatic heterocycles. The molecule has 9 heteroatoms. The van der Waals surface area contributed by atoms with E-state index in [0.717, 1.165) is 31.7 Å². The van der Waals surface area contributed by atoms with Gasteiger partial charge in [0.25, 0.3) is 0 Å². The van der Waals surface area contributed by atoms with E-state index in [2.05, 4.69) is 4.74 Å². The smallest absolute Gasteiger partial charge is 0.422 e. The molecule has 1 aliphatic rings. The van der Waals surface area contributed by atoms with Crippen LogP contribution in [0.5, 0.6) is 5.75 Å². The molecule has 0 heterocycles. The van der Waals surface area contributed by atoms with E-state index in [1.165, 1.54) is 0 Å². The maximum atomic E-state index is 12.3. The van der Waals surface area contributed by atoms with Crippen molar-refractivity contribution in [2.45, 2.75) is 25.7 Å². The van der Waals surface area contributed by atoms with Gasteiger partial charge in [-0.2, -0.15) is 0 Å². The summed E-state index contributed by atoms with van der Waals surface area (Å²) in [7, 11) is 0. The Morgan fingerprint density at radius 3 is 2.33 bits per heavy atom. The van der Waals surface area contributed by atoms with Crippen LogP contribution in [-0.4, -0.2) is 29.6 Å². The Labute approximate surface area is 152 Å². The van der Waals surface area contributed by atoms with Crippen molar-refractivity contribution in [1.29, 1.82) is 0 Å². The number of aliphatic carboxylic acids is 1. The topological polar surface area (TPSA) is 89.9 Å². The highest BCUT2D eigenvalue weighted by molar-refractivity contribution is 6.46. The highest BCUT2D eigenvalue weighted by Crippen LogP contribution is 2.40. The first-order chi connectivity index (χ1) is 11.3. The number of benzene rings is 1. The van der Waals surface area contributed by atoms with Gasteiger partial charge in [-0.3, -0.25) is 0 Å². The Kier molecular flexibility index (Phi) is 6.32. The summed E-state index contributed by atoms with van der Waals surface area (Å²) in [4.78, 5) is 34.3. The van der Waals surface area contributed by atoms with Gasteiger partial charge in [0.05, 0.1) is 21.7 Å². The molecule has 1 aliphatic carbocycles. The van der Waals surface area contributed by atoms with Crippen molar-refractivity contribution in [3.8, 4) is 5.75 Å². The zero-order valence-electron chi connectivity index (χ0n) is 12.3. The van der Waals surface area contributed by atoms with Gasteiger partial charge < -0.3 is 14.6 Å². The third-order valence-corrected chi connectivity index (χ3v) is 4.69. The fraction of sp³-hybridized carbons (Fsp3) is 0.400. The van der Waals surface area contributed by atoms with Gasteiger partial charge in [-0.1, -0.05) is 47.6 Å². The van der Waals surface area contributed by atoms with Crippen LogP contribution in [0.1, 0.15) is 36.0 Å². The standard InChI is InChI=1S/C15H13Cl3O6/c16-8-5-9(17)12(24-15(22)13(19)20)10(11(8)18)14(21)23-6-7-3-1-2-4-7/h5,7H,1-4,6H2,(H,19,20). The molecule has 1 saturated carbocycles. The quantitative estimate of drug-likeness (QED) is 0.359. The molecule has 0 bridgehead atoms. The summed E-state index contributed by atoms with van der Waals surface area (Å²) in [5, 5.41) is 8.13. The molecule has 1 fully saturated rings. The van der Waals surface area contributed by atoms with Crippen LogP contribution in [0.2, 0.25) is 15.1 Å². The second-order valence-electron chi connectivity index (χ2n) is 5.30. The van der Waals surface area contributed by atoms with Gasteiger partial charge in [0.15, 0.2) is 5.75 Å². The molecule has 6 nitrogen and oxygen atoms in total. The van der Waals surface area contributed by atoms with Crippen LogP contribution in [0, 0.1) is 5.92 Å². The number of ether oxygens (including phenoxy) is 2. The van der Waals surface area contributed by atoms with Crippen molar-refractivity contribution in [1.82, 2.24) is 0 Å². The molecular formula is C15H13Cl3O6. The summed E-state index contributed by atoms with van der Waals surface area (Å²) in [5.74, 6) is -4.57. The van der Waals surface area contributed by atoms with Crippen molar-refractivity contribution >= 4 is 52.7 Å². The summed E-state index contributed by atoms with van der Waals surface area (Å²) in [5.41, 5.74) is -0.373. The Balaban J connectivity index is 2.29. The molecule has 24 heavy (non-hydrogen) atoms. The molecule has 0 amide bonds. The third-order valence-electron chi connectivity index (χ3n) is 3.62. The van der Waals surface area contributed by atoms with Crippen LogP contribution < -0.4 is 4.74 Å². The fourth-order valence-electron chi connectivity index (χ4n) is 2.44. The minimum atomic E-state index is -1.84. The lowest BCUT2D eigenvalue weighted by atomic mass is 10.1. The first-order valence-corrected chi connectivity index (χ1v) is 8.24. The van der Waals surface area contributed by atoms with Gasteiger partial charge >= 0.3 is 17.9 Å². The number of carboxylic acid groups (broad SMARTS) is 1. The van der Waals surface area contributed by atoms with Crippen LogP contribution in [0.4, 0.5) is 0 Å². The number of esters is 2. The van der Waals surface area contributed by atoms with Gasteiger partial charge in [0.1, 0.15) is 5.56 Å². The maximum Gasteiger partial charge on any atom is 0.422 e. The lowest BCUT2D eigenvalue weighted by Crippen LogP contribution is -2.22. The Bertz CT molecular complexity index is 682. The van der Waals surface area contributed by atoms with E-state index >= 15 is 0 Å². The van der Waals surface area contributed by atoms with E-state index in [0.29, 0.717) is 0 Å². The average molecular weight is 396 g/mol. The van der Waals surface area contributed by atoms with Gasteiger partial charge in [-0.05, 0) is 24.8 Å². The van der Waals surface area contributed by atoms with Gasteiger partial charge in [0, 0.05) is 0 Å². The Hall–Kier alpha value is -1.50. The average Bonchev–Trinajstić information content (AvgIpc) is 3.03. The predicted octanol–water partition coefficient (Wildman–Crippen LogP) is 3.98. The number of hydrogen-bond acceptors (Lipinski definition) is 5. The predicted molar refractivity (Wildman–Crippen MR) is 87.0 cm³/mol. The maximum absolute atomic E-state index is 12.3. The molecule has 130 valence electrons. The molecular weight excluding hydrogens is 383 g/mol. The van der Waals surface area contributed by atoms with Crippen molar-refractivity contribution in [2.75, 3.05) is 6.61 Å². The Morgan fingerprint density at radius 2 is 1.75 bits per heavy atom. The second kappa shape index (κ2) is 8.05. The molecule has 1 aromatic carbocycles. The second-order valence-corrected chi connectivity index (χ2v) is 6.49. The summed E-state index contributed by atoms with van der Waals surface area (Å²) in [6.07, 6.45) is 4.07. The summed E-state index contributed by atoms with van der Waals surface area (Å²) in [6, 6.07) is 1.14. The van der Waals surface area contributed by atoms with E-state index in [1.807, 2.05) is 0 Å². The zero-order chi connectivity index (χ0) is 17.9. The van der Waals surface area contributed by atoms with E-state index in [1.54, 1.807) is 0 Å². The lowest BCUT2D eigenvalue weighted by molar-refractivity contribution is -0.158. The van der Waals surface area contributed by atoms with Gasteiger partial charge in [-0.15, -0.1) is 0 Å². The minimum Gasteiger partial charge on any atom is -0.473 e. The number of halogens is 3.